The number of rotatable bonds is 8. The number of hydrogen-bond donors (Lipinski definition) is 3. The van der Waals surface area contributed by atoms with E-state index in [4.69, 9.17) is 14.6 Å². The Bertz CT molecular complexity index is 1510. The van der Waals surface area contributed by atoms with Crippen molar-refractivity contribution in [1.29, 1.82) is 5.26 Å². The summed E-state index contributed by atoms with van der Waals surface area (Å²) in [6.07, 6.45) is -0.963. The van der Waals surface area contributed by atoms with Crippen LogP contribution < -0.4 is 20.3 Å². The van der Waals surface area contributed by atoms with Crippen LogP contribution in [0.1, 0.15) is 37.1 Å². The number of nitriles is 1. The Morgan fingerprint density at radius 3 is 2.70 bits per heavy atom. The van der Waals surface area contributed by atoms with Crippen LogP contribution in [0.2, 0.25) is 0 Å². The van der Waals surface area contributed by atoms with Crippen molar-refractivity contribution in [2.75, 3.05) is 62.8 Å². The predicted octanol–water partition coefficient (Wildman–Crippen LogP) is 2.56. The van der Waals surface area contributed by atoms with Crippen LogP contribution in [-0.2, 0) is 9.53 Å². The molecule has 4 aliphatic heterocycles. The third-order valence-electron chi connectivity index (χ3n) is 8.83. The topological polar surface area (TPSA) is 138 Å². The maximum atomic E-state index is 14.9. The number of aliphatic imine (C=N–C) groups is 2. The number of nitrogens with zero attached hydrogens (tertiary/aromatic N) is 6. The summed E-state index contributed by atoms with van der Waals surface area (Å²) in [5.41, 5.74) is 2.67. The number of guanidine groups is 1. The lowest BCUT2D eigenvalue weighted by molar-refractivity contribution is -0.160. The van der Waals surface area contributed by atoms with Crippen LogP contribution in [0.25, 0.3) is 0 Å². The van der Waals surface area contributed by atoms with Gasteiger partial charge in [-0.3, -0.25) is 9.69 Å². The number of anilines is 2. The summed E-state index contributed by atoms with van der Waals surface area (Å²) >= 11 is 0. The van der Waals surface area contributed by atoms with Crippen molar-refractivity contribution in [3.63, 3.8) is 0 Å². The van der Waals surface area contributed by atoms with Gasteiger partial charge in [0.2, 0.25) is 11.9 Å². The number of halogens is 2. The van der Waals surface area contributed by atoms with Crippen molar-refractivity contribution in [3.8, 4) is 11.8 Å². The molecule has 0 aliphatic carbocycles. The Labute approximate surface area is 266 Å². The molecule has 12 nitrogen and oxygen atoms in total. The summed E-state index contributed by atoms with van der Waals surface area (Å²) in [7, 11) is 0. The number of piperazine rings is 1. The van der Waals surface area contributed by atoms with Gasteiger partial charge < -0.3 is 35.0 Å². The molecule has 2 aromatic carbocycles. The van der Waals surface area contributed by atoms with E-state index in [2.05, 4.69) is 49.5 Å². The van der Waals surface area contributed by atoms with Gasteiger partial charge in [0.05, 0.1) is 44.3 Å². The molecule has 0 radical (unpaired) electrons. The van der Waals surface area contributed by atoms with Crippen molar-refractivity contribution in [2.45, 2.75) is 50.0 Å². The van der Waals surface area contributed by atoms with Gasteiger partial charge in [0.1, 0.15) is 11.8 Å². The minimum atomic E-state index is -3.32. The molecule has 3 atom stereocenters. The van der Waals surface area contributed by atoms with Crippen LogP contribution in [0.4, 0.5) is 20.2 Å². The summed E-state index contributed by atoms with van der Waals surface area (Å²) < 4.78 is 40.8. The van der Waals surface area contributed by atoms with Gasteiger partial charge in [-0.15, -0.1) is 0 Å². The highest BCUT2D eigenvalue weighted by Crippen LogP contribution is 2.34. The van der Waals surface area contributed by atoms with E-state index in [1.165, 1.54) is 18.5 Å². The molecule has 1 amide bonds. The maximum absolute atomic E-state index is 14.9. The average molecular weight is 637 g/mol. The zero-order valence-electron chi connectivity index (χ0n) is 25.6. The molecule has 244 valence electrons. The molecule has 3 N–H and O–H groups in total. The molecular weight excluding hydrogens is 598 g/mol. The fraction of sp³-hybridized carbons (Fsp3) is 0.500. The summed E-state index contributed by atoms with van der Waals surface area (Å²) in [6, 6.07) is 15.8. The fourth-order valence-corrected chi connectivity index (χ4v) is 6.18. The molecule has 3 saturated heterocycles. The van der Waals surface area contributed by atoms with Crippen molar-refractivity contribution < 1.29 is 28.2 Å². The molecular formula is C32H38F2N8O4. The lowest BCUT2D eigenvalue weighted by Gasteiger charge is -2.46. The van der Waals surface area contributed by atoms with Crippen LogP contribution in [0.3, 0.4) is 0 Å². The van der Waals surface area contributed by atoms with E-state index in [-0.39, 0.29) is 30.7 Å². The second-order valence-corrected chi connectivity index (χ2v) is 12.0. The maximum Gasteiger partial charge on any atom is 0.301 e. The zero-order chi connectivity index (χ0) is 32.3. The highest BCUT2D eigenvalue weighted by atomic mass is 19.3. The molecule has 0 aromatic heterocycles. The van der Waals surface area contributed by atoms with Gasteiger partial charge >= 0.3 is 5.92 Å². The first-order valence-electron chi connectivity index (χ1n) is 15.5. The van der Waals surface area contributed by atoms with Crippen LogP contribution in [0.5, 0.6) is 5.75 Å². The smallest absolute Gasteiger partial charge is 0.301 e. The molecule has 46 heavy (non-hydrogen) atoms. The van der Waals surface area contributed by atoms with E-state index in [0.29, 0.717) is 23.6 Å². The van der Waals surface area contributed by atoms with E-state index in [0.717, 1.165) is 49.1 Å². The number of hydrogen-bond acceptors (Lipinski definition) is 11. The average Bonchev–Trinajstić information content (AvgIpc) is 3.02. The second-order valence-electron chi connectivity index (χ2n) is 12.0. The van der Waals surface area contributed by atoms with Gasteiger partial charge in [0.15, 0.2) is 12.3 Å². The van der Waals surface area contributed by atoms with Gasteiger partial charge in [0, 0.05) is 56.4 Å². The number of benzene rings is 2. The monoisotopic (exact) mass is 636 g/mol. The number of carbonyl (C=O) groups excluding carboxylic acids is 1. The van der Waals surface area contributed by atoms with Crippen LogP contribution >= 0.6 is 0 Å². The fourth-order valence-electron chi connectivity index (χ4n) is 6.18. The van der Waals surface area contributed by atoms with Gasteiger partial charge in [-0.2, -0.15) is 5.26 Å². The Morgan fingerprint density at radius 1 is 1.22 bits per heavy atom. The molecule has 6 rings (SSSR count). The Kier molecular flexibility index (Phi) is 9.34. The standard InChI is InChI=1S/C32H38F2N8O4/c1-21-16-40(26-17-45-18-26)11-12-42(21)25-5-3-24(4-6-25)38-31-37-20-36-30(39-31)22-2-7-27(23(14-22)15-35)46-28-8-10-41(19-32(28,33)34)29(44)9-13-43/h2-7,14,20-21,26,28,30,43H,8-13,16-19H2,1H3,(H2,36,37,38,39)/t21-,28-,30?/m0/s1. The number of piperidine rings is 1. The minimum absolute atomic E-state index is 0.0270. The lowest BCUT2D eigenvalue weighted by atomic mass is 10.0. The first-order chi connectivity index (χ1) is 22.2. The van der Waals surface area contributed by atoms with Crippen molar-refractivity contribution >= 4 is 29.6 Å². The molecule has 0 spiro atoms. The third-order valence-corrected chi connectivity index (χ3v) is 8.83. The van der Waals surface area contributed by atoms with Crippen LogP contribution in [-0.4, -0.2) is 110 Å². The SMILES string of the molecule is C[C@H]1CN(C2COC2)CCN1c1ccc(NC2=NC(c3ccc(O[C@H]4CCN(C(=O)CCO)CC4(F)F)c(C#N)c3)N=CN2)cc1. The predicted molar refractivity (Wildman–Crippen MR) is 168 cm³/mol. The van der Waals surface area contributed by atoms with Crippen LogP contribution in [0.15, 0.2) is 52.4 Å². The highest BCUT2D eigenvalue weighted by molar-refractivity contribution is 6.01. The Hall–Kier alpha value is -4.32. The number of carbonyl (C=O) groups is 1. The molecule has 1 unspecified atom stereocenters. The first-order valence-corrected chi connectivity index (χ1v) is 15.5. The summed E-state index contributed by atoms with van der Waals surface area (Å²) in [6.45, 7) is 5.75. The number of aliphatic hydroxyl groups is 1. The van der Waals surface area contributed by atoms with E-state index in [1.54, 1.807) is 6.07 Å². The molecule has 4 aliphatic rings. The van der Waals surface area contributed by atoms with E-state index < -0.39 is 37.3 Å². The summed E-state index contributed by atoms with van der Waals surface area (Å²) in [5.74, 6) is -3.36. The number of aliphatic hydroxyl groups excluding tert-OH is 1. The van der Waals surface area contributed by atoms with Crippen LogP contribution in [0, 0.1) is 11.3 Å². The summed E-state index contributed by atoms with van der Waals surface area (Å²) in [5, 5.41) is 25.0. The normalized spacial score (nSPS) is 24.8. The number of nitrogens with one attached hydrogen (secondary N) is 2. The molecule has 3 fully saturated rings. The minimum Gasteiger partial charge on any atom is -0.483 e. The molecule has 14 heteroatoms. The largest absolute Gasteiger partial charge is 0.483 e. The molecule has 0 saturated carbocycles. The van der Waals surface area contributed by atoms with Gasteiger partial charge in [-0.25, -0.2) is 18.8 Å². The molecule has 0 bridgehead atoms. The van der Waals surface area contributed by atoms with Crippen molar-refractivity contribution in [3.05, 3.63) is 53.6 Å². The molecule has 2 aromatic rings. The highest BCUT2D eigenvalue weighted by Gasteiger charge is 2.47. The van der Waals surface area contributed by atoms with Gasteiger partial charge in [-0.1, -0.05) is 6.07 Å². The van der Waals surface area contributed by atoms with E-state index >= 15 is 0 Å². The zero-order valence-corrected chi connectivity index (χ0v) is 25.6. The van der Waals surface area contributed by atoms with Gasteiger partial charge in [0.25, 0.3) is 0 Å². The number of ether oxygens (including phenoxy) is 2. The third kappa shape index (κ3) is 6.91. The molecule has 4 heterocycles. The van der Waals surface area contributed by atoms with E-state index in [9.17, 15) is 18.8 Å². The van der Waals surface area contributed by atoms with Crippen molar-refractivity contribution in [1.82, 2.24) is 15.1 Å². The number of likely N-dealkylation sites (tertiary alicyclic amines) is 1. The van der Waals surface area contributed by atoms with Gasteiger partial charge in [-0.05, 0) is 48.9 Å². The first kappa shape index (κ1) is 31.7. The summed E-state index contributed by atoms with van der Waals surface area (Å²) in [4.78, 5) is 27.0. The Balaban J connectivity index is 1.07. The second kappa shape index (κ2) is 13.6. The number of amides is 1. The lowest BCUT2D eigenvalue weighted by Crippen LogP contribution is -2.59. The quantitative estimate of drug-likeness (QED) is 0.399. The Morgan fingerprint density at radius 2 is 2.02 bits per heavy atom. The van der Waals surface area contributed by atoms with E-state index in [1.807, 2.05) is 18.2 Å². The number of alkyl halides is 2. The van der Waals surface area contributed by atoms with Crippen molar-refractivity contribution in [2.24, 2.45) is 9.98 Å².